The molecule has 0 atom stereocenters. The molecule has 0 unspecified atom stereocenters. The van der Waals surface area contributed by atoms with Gasteiger partial charge >= 0.3 is 5.69 Å². The van der Waals surface area contributed by atoms with E-state index >= 15 is 0 Å². The van der Waals surface area contributed by atoms with E-state index in [4.69, 9.17) is 9.47 Å². The van der Waals surface area contributed by atoms with Crippen LogP contribution in [0, 0.1) is 0 Å². The number of rotatable bonds is 8. The van der Waals surface area contributed by atoms with Crippen LogP contribution < -0.4 is 26.0 Å². The summed E-state index contributed by atoms with van der Waals surface area (Å²) in [5.41, 5.74) is 0.281. The van der Waals surface area contributed by atoms with E-state index in [9.17, 15) is 14.4 Å². The van der Waals surface area contributed by atoms with E-state index in [0.29, 0.717) is 36.8 Å². The SMILES string of the molecule is CCOc1ccc(NC(=O)Cn2c(=O)c3c(OCC)c(CC)cnc3n(C)c2=O)cc1. The fraction of sp³-hybridized carbons (Fsp3) is 0.364. The van der Waals surface area contributed by atoms with Crippen molar-refractivity contribution >= 4 is 22.6 Å². The molecule has 2 aromatic heterocycles. The summed E-state index contributed by atoms with van der Waals surface area (Å²) in [6.07, 6.45) is 2.22. The largest absolute Gasteiger partial charge is 0.494 e. The van der Waals surface area contributed by atoms with E-state index < -0.39 is 23.7 Å². The van der Waals surface area contributed by atoms with Crippen LogP contribution >= 0.6 is 0 Å². The molecule has 0 aliphatic heterocycles. The number of hydrogen-bond acceptors (Lipinski definition) is 6. The number of pyridine rings is 1. The molecule has 1 N–H and O–H groups in total. The number of aromatic nitrogens is 3. The van der Waals surface area contributed by atoms with Gasteiger partial charge in [0.2, 0.25) is 5.91 Å². The molecule has 2 heterocycles. The van der Waals surface area contributed by atoms with Crippen LogP contribution in [0.4, 0.5) is 5.69 Å². The zero-order chi connectivity index (χ0) is 22.5. The van der Waals surface area contributed by atoms with Crippen molar-refractivity contribution in [3.05, 3.63) is 56.9 Å². The highest BCUT2D eigenvalue weighted by Crippen LogP contribution is 2.25. The van der Waals surface area contributed by atoms with E-state index in [0.717, 1.165) is 10.1 Å². The number of nitrogens with zero attached hydrogens (tertiary/aromatic N) is 3. The van der Waals surface area contributed by atoms with Crippen molar-refractivity contribution in [3.8, 4) is 11.5 Å². The molecule has 3 rings (SSSR count). The minimum absolute atomic E-state index is 0.192. The minimum Gasteiger partial charge on any atom is -0.494 e. The predicted octanol–water partition coefficient (Wildman–Crippen LogP) is 2.09. The van der Waals surface area contributed by atoms with Gasteiger partial charge in [0, 0.05) is 24.5 Å². The Morgan fingerprint density at radius 2 is 1.74 bits per heavy atom. The Morgan fingerprint density at radius 1 is 1.06 bits per heavy atom. The third kappa shape index (κ3) is 4.45. The smallest absolute Gasteiger partial charge is 0.332 e. The lowest BCUT2D eigenvalue weighted by molar-refractivity contribution is -0.116. The van der Waals surface area contributed by atoms with Crippen molar-refractivity contribution in [1.29, 1.82) is 0 Å². The van der Waals surface area contributed by atoms with Crippen LogP contribution in [0.5, 0.6) is 11.5 Å². The van der Waals surface area contributed by atoms with Crippen LogP contribution in [0.1, 0.15) is 26.3 Å². The van der Waals surface area contributed by atoms with Gasteiger partial charge < -0.3 is 14.8 Å². The van der Waals surface area contributed by atoms with Crippen LogP contribution in [-0.4, -0.2) is 33.2 Å². The zero-order valence-electron chi connectivity index (χ0n) is 18.1. The van der Waals surface area contributed by atoms with Crippen LogP contribution in [0.15, 0.2) is 40.1 Å². The van der Waals surface area contributed by atoms with Crippen molar-refractivity contribution in [3.63, 3.8) is 0 Å². The van der Waals surface area contributed by atoms with E-state index in [1.165, 1.54) is 11.6 Å². The van der Waals surface area contributed by atoms with E-state index in [1.54, 1.807) is 30.5 Å². The Morgan fingerprint density at radius 3 is 2.35 bits per heavy atom. The number of carbonyl (C=O) groups is 1. The van der Waals surface area contributed by atoms with Crippen molar-refractivity contribution in [2.75, 3.05) is 18.5 Å². The second kappa shape index (κ2) is 9.46. The highest BCUT2D eigenvalue weighted by molar-refractivity contribution is 5.91. The second-order valence-electron chi connectivity index (χ2n) is 6.84. The lowest BCUT2D eigenvalue weighted by Gasteiger charge is -2.15. The predicted molar refractivity (Wildman–Crippen MR) is 118 cm³/mol. The van der Waals surface area contributed by atoms with Crippen molar-refractivity contribution in [2.24, 2.45) is 7.05 Å². The summed E-state index contributed by atoms with van der Waals surface area (Å²) >= 11 is 0. The number of amides is 1. The number of anilines is 1. The average Bonchev–Trinajstić information content (AvgIpc) is 2.76. The molecule has 0 bridgehead atoms. The van der Waals surface area contributed by atoms with Crippen LogP contribution in [0.2, 0.25) is 0 Å². The molecule has 0 saturated carbocycles. The first-order chi connectivity index (χ1) is 14.9. The number of hydrogen-bond donors (Lipinski definition) is 1. The molecule has 1 aromatic carbocycles. The van der Waals surface area contributed by atoms with Gasteiger partial charge in [-0.15, -0.1) is 0 Å². The quantitative estimate of drug-likeness (QED) is 0.592. The fourth-order valence-corrected chi connectivity index (χ4v) is 3.31. The number of fused-ring (bicyclic) bond motifs is 1. The van der Waals surface area contributed by atoms with Gasteiger partial charge in [0.25, 0.3) is 5.56 Å². The molecule has 0 saturated heterocycles. The van der Waals surface area contributed by atoms with Gasteiger partial charge in [0.05, 0.1) is 13.2 Å². The summed E-state index contributed by atoms with van der Waals surface area (Å²) in [6.45, 7) is 6.08. The van der Waals surface area contributed by atoms with Crippen LogP contribution in [0.25, 0.3) is 11.0 Å². The first-order valence-corrected chi connectivity index (χ1v) is 10.2. The lowest BCUT2D eigenvalue weighted by Crippen LogP contribution is -2.42. The van der Waals surface area contributed by atoms with Crippen molar-refractivity contribution in [1.82, 2.24) is 14.1 Å². The molecule has 0 fully saturated rings. The summed E-state index contributed by atoms with van der Waals surface area (Å²) in [7, 11) is 1.51. The molecule has 9 heteroatoms. The molecular weight excluding hydrogens is 400 g/mol. The topological polar surface area (TPSA) is 104 Å². The number of nitrogens with one attached hydrogen (secondary N) is 1. The Bertz CT molecular complexity index is 1210. The molecule has 1 amide bonds. The minimum atomic E-state index is -0.626. The number of ether oxygens (including phenoxy) is 2. The maximum atomic E-state index is 13.2. The third-order valence-corrected chi connectivity index (χ3v) is 4.80. The van der Waals surface area contributed by atoms with E-state index in [1.807, 2.05) is 20.8 Å². The first kappa shape index (κ1) is 22.1. The molecule has 0 aliphatic rings. The maximum Gasteiger partial charge on any atom is 0.332 e. The third-order valence-electron chi connectivity index (χ3n) is 4.80. The molecule has 0 spiro atoms. The Hall–Kier alpha value is -3.62. The molecule has 0 aliphatic carbocycles. The molecular formula is C22H26N4O5. The summed E-state index contributed by atoms with van der Waals surface area (Å²) in [5, 5.41) is 2.89. The summed E-state index contributed by atoms with van der Waals surface area (Å²) < 4.78 is 13.3. The standard InChI is InChI=1S/C22H26N4O5/c1-5-14-12-23-20-18(19(14)31-7-3)21(28)26(22(29)25(20)4)13-17(27)24-15-8-10-16(11-9-15)30-6-2/h8-12H,5-7,13H2,1-4H3,(H,24,27). The van der Waals surface area contributed by atoms with Gasteiger partial charge in [-0.1, -0.05) is 6.92 Å². The lowest BCUT2D eigenvalue weighted by atomic mass is 10.1. The van der Waals surface area contributed by atoms with Crippen molar-refractivity contribution < 1.29 is 14.3 Å². The summed E-state index contributed by atoms with van der Waals surface area (Å²) in [4.78, 5) is 42.8. The van der Waals surface area contributed by atoms with E-state index in [2.05, 4.69) is 10.3 Å². The van der Waals surface area contributed by atoms with Gasteiger partial charge in [-0.05, 0) is 44.5 Å². The molecule has 0 radical (unpaired) electrons. The van der Waals surface area contributed by atoms with Crippen LogP contribution in [0.3, 0.4) is 0 Å². The summed E-state index contributed by atoms with van der Waals surface area (Å²) in [5.74, 6) is 0.583. The maximum absolute atomic E-state index is 13.2. The molecule has 31 heavy (non-hydrogen) atoms. The monoisotopic (exact) mass is 426 g/mol. The average molecular weight is 426 g/mol. The van der Waals surface area contributed by atoms with E-state index in [-0.39, 0.29) is 11.0 Å². The molecule has 3 aromatic rings. The second-order valence-corrected chi connectivity index (χ2v) is 6.84. The van der Waals surface area contributed by atoms with Gasteiger partial charge in [0.15, 0.2) is 5.65 Å². The summed E-state index contributed by atoms with van der Waals surface area (Å²) in [6, 6.07) is 6.84. The van der Waals surface area contributed by atoms with Gasteiger partial charge in [-0.25, -0.2) is 14.3 Å². The van der Waals surface area contributed by atoms with Crippen molar-refractivity contribution in [2.45, 2.75) is 33.7 Å². The molecule has 9 nitrogen and oxygen atoms in total. The number of benzene rings is 1. The van der Waals surface area contributed by atoms with Crippen LogP contribution in [-0.2, 0) is 24.8 Å². The highest BCUT2D eigenvalue weighted by atomic mass is 16.5. The Balaban J connectivity index is 1.99. The Labute approximate surface area is 179 Å². The molecule has 164 valence electrons. The van der Waals surface area contributed by atoms with Gasteiger partial charge in [0.1, 0.15) is 23.4 Å². The number of aryl methyl sites for hydroxylation is 2. The van der Waals surface area contributed by atoms with Gasteiger partial charge in [-0.2, -0.15) is 0 Å². The normalized spacial score (nSPS) is 10.8. The number of carbonyl (C=O) groups excluding carboxylic acids is 1. The zero-order valence-corrected chi connectivity index (χ0v) is 18.1. The Kier molecular flexibility index (Phi) is 6.74. The highest BCUT2D eigenvalue weighted by Gasteiger charge is 2.20. The van der Waals surface area contributed by atoms with Gasteiger partial charge in [-0.3, -0.25) is 14.2 Å². The first-order valence-electron chi connectivity index (χ1n) is 10.2. The fourth-order valence-electron chi connectivity index (χ4n) is 3.31.